The summed E-state index contributed by atoms with van der Waals surface area (Å²) in [6.07, 6.45) is 3.46. The molecule has 0 unspecified atom stereocenters. The van der Waals surface area contributed by atoms with Crippen LogP contribution in [0.4, 0.5) is 5.82 Å². The molecule has 110 valence electrons. The molecule has 0 spiro atoms. The molecule has 1 aromatic heterocycles. The number of hydrogen-bond acceptors (Lipinski definition) is 2. The Labute approximate surface area is 122 Å². The fourth-order valence-electron chi connectivity index (χ4n) is 3.20. The molecule has 1 aliphatic heterocycles. The zero-order valence-electron chi connectivity index (χ0n) is 12.1. The molecule has 1 saturated heterocycles. The molecule has 5 nitrogen and oxygen atoms in total. The second-order valence-electron chi connectivity index (χ2n) is 5.96. The third-order valence-corrected chi connectivity index (χ3v) is 4.49. The van der Waals surface area contributed by atoms with Crippen molar-refractivity contribution in [3.05, 3.63) is 40.2 Å². The molecule has 3 rings (SSSR count). The topological polar surface area (TPSA) is 70.2 Å². The van der Waals surface area contributed by atoms with Crippen molar-refractivity contribution in [3.8, 4) is 0 Å². The Balaban J connectivity index is 2.24. The molecule has 0 radical (unpaired) electrons. The van der Waals surface area contributed by atoms with E-state index in [2.05, 4.69) is 12.0 Å². The molecular weight excluding hydrogens is 268 g/mol. The molecule has 2 heterocycles. The average Bonchev–Trinajstić information content (AvgIpc) is 2.47. The number of hydrogen-bond donors (Lipinski definition) is 2. The normalized spacial score (nSPS) is 17.8. The molecular formula is C16H19N2O3+. The molecule has 1 aliphatic rings. The molecule has 0 aliphatic carbocycles. The van der Waals surface area contributed by atoms with E-state index >= 15 is 0 Å². The van der Waals surface area contributed by atoms with Gasteiger partial charge >= 0.3 is 5.97 Å². The Morgan fingerprint density at radius 3 is 2.57 bits per heavy atom. The van der Waals surface area contributed by atoms with E-state index in [-0.39, 0.29) is 11.1 Å². The second kappa shape index (κ2) is 5.00. The predicted octanol–water partition coefficient (Wildman–Crippen LogP) is 2.35. The maximum atomic E-state index is 12.3. The van der Waals surface area contributed by atoms with Gasteiger partial charge in [0, 0.05) is 16.8 Å². The summed E-state index contributed by atoms with van der Waals surface area (Å²) in [5, 5.41) is 10.3. The largest absolute Gasteiger partial charge is 0.478 e. The number of nitrogens with zero attached hydrogens (tertiary/aromatic N) is 1. The summed E-state index contributed by atoms with van der Waals surface area (Å²) in [6.45, 7) is 1.94. The number of carboxylic acid groups (broad SMARTS) is 1. The Morgan fingerprint density at radius 1 is 1.19 bits per heavy atom. The maximum Gasteiger partial charge on any atom is 0.336 e. The number of nitrogens with one attached hydrogen (secondary N) is 1. The van der Waals surface area contributed by atoms with Gasteiger partial charge in [-0.3, -0.25) is 14.3 Å². The van der Waals surface area contributed by atoms with Gasteiger partial charge in [0.15, 0.2) is 0 Å². The van der Waals surface area contributed by atoms with Crippen molar-refractivity contribution >= 4 is 22.6 Å². The third-order valence-electron chi connectivity index (χ3n) is 4.49. The number of fused-ring (bicyclic) bond motifs is 1. The number of aromatic nitrogens is 1. The van der Waals surface area contributed by atoms with Gasteiger partial charge < -0.3 is 5.11 Å². The quantitative estimate of drug-likeness (QED) is 0.833. The lowest BCUT2D eigenvalue weighted by Crippen LogP contribution is -2.50. The van der Waals surface area contributed by atoms with E-state index in [1.807, 2.05) is 6.07 Å². The summed E-state index contributed by atoms with van der Waals surface area (Å²) in [5.74, 6) is -0.195. The van der Waals surface area contributed by atoms with Crippen molar-refractivity contribution in [2.45, 2.75) is 19.3 Å². The van der Waals surface area contributed by atoms with E-state index in [1.165, 1.54) is 6.42 Å². The minimum Gasteiger partial charge on any atom is -0.478 e. The molecule has 2 aromatic rings. The molecule has 5 heteroatoms. The van der Waals surface area contributed by atoms with E-state index in [0.29, 0.717) is 15.3 Å². The highest BCUT2D eigenvalue weighted by atomic mass is 16.4. The molecule has 1 fully saturated rings. The van der Waals surface area contributed by atoms with Gasteiger partial charge in [0.1, 0.15) is 0 Å². The minimum atomic E-state index is -1.00. The molecule has 0 saturated carbocycles. The smallest absolute Gasteiger partial charge is 0.336 e. The summed E-state index contributed by atoms with van der Waals surface area (Å²) in [7, 11) is 2.10. The van der Waals surface area contributed by atoms with Crippen molar-refractivity contribution in [2.75, 3.05) is 20.1 Å². The summed E-state index contributed by atoms with van der Waals surface area (Å²) >= 11 is 0. The lowest BCUT2D eigenvalue weighted by molar-refractivity contribution is 0.0699. The predicted molar refractivity (Wildman–Crippen MR) is 82.8 cm³/mol. The fraction of sp³-hybridized carbons (Fsp3) is 0.375. The Kier molecular flexibility index (Phi) is 3.29. The van der Waals surface area contributed by atoms with Crippen LogP contribution in [0.3, 0.4) is 0 Å². The number of rotatable bonds is 2. The molecule has 1 aromatic carbocycles. The number of quaternary nitrogens is 1. The van der Waals surface area contributed by atoms with Crippen LogP contribution in [0.2, 0.25) is 0 Å². The number of pyridine rings is 1. The van der Waals surface area contributed by atoms with Crippen LogP contribution < -0.4 is 10.0 Å². The summed E-state index contributed by atoms with van der Waals surface area (Å²) in [5.41, 5.74) is -0.0287. The first-order valence-electron chi connectivity index (χ1n) is 7.26. The van der Waals surface area contributed by atoms with Crippen LogP contribution in [0.1, 0.15) is 29.6 Å². The lowest BCUT2D eigenvalue weighted by Gasteiger charge is -2.36. The van der Waals surface area contributed by atoms with Gasteiger partial charge in [-0.25, -0.2) is 4.79 Å². The number of likely N-dealkylation sites (tertiary alicyclic amines) is 1. The van der Waals surface area contributed by atoms with Gasteiger partial charge in [0.25, 0.3) is 5.56 Å². The van der Waals surface area contributed by atoms with Crippen LogP contribution in [0.5, 0.6) is 0 Å². The minimum absolute atomic E-state index is 0.184. The number of H-pyrrole nitrogens is 1. The van der Waals surface area contributed by atoms with E-state index < -0.39 is 5.97 Å². The molecule has 21 heavy (non-hydrogen) atoms. The van der Waals surface area contributed by atoms with Gasteiger partial charge in [0.05, 0.1) is 25.7 Å². The van der Waals surface area contributed by atoms with Gasteiger partial charge in [-0.05, 0) is 31.4 Å². The number of benzene rings is 1. The first-order valence-corrected chi connectivity index (χ1v) is 7.26. The number of carboxylic acids is 1. The van der Waals surface area contributed by atoms with E-state index in [9.17, 15) is 14.7 Å². The second-order valence-corrected chi connectivity index (χ2v) is 5.96. The Morgan fingerprint density at radius 2 is 1.90 bits per heavy atom. The van der Waals surface area contributed by atoms with Gasteiger partial charge in [0.2, 0.25) is 5.82 Å². The number of aromatic carboxylic acids is 1. The SMILES string of the molecule is C[N+]1(c2cc3c(C(=O)O)cccc3c(=O)[nH]2)CCCCC1. The first-order chi connectivity index (χ1) is 10.0. The van der Waals surface area contributed by atoms with Crippen LogP contribution in [0.25, 0.3) is 10.8 Å². The first kappa shape index (κ1) is 13.8. The van der Waals surface area contributed by atoms with E-state index in [4.69, 9.17) is 0 Å². The Bertz CT molecular complexity index is 758. The molecule has 0 atom stereocenters. The average molecular weight is 287 g/mol. The highest BCUT2D eigenvalue weighted by Gasteiger charge is 2.29. The van der Waals surface area contributed by atoms with Crippen LogP contribution in [0.15, 0.2) is 29.1 Å². The van der Waals surface area contributed by atoms with E-state index in [1.54, 1.807) is 18.2 Å². The van der Waals surface area contributed by atoms with E-state index in [0.717, 1.165) is 31.7 Å². The van der Waals surface area contributed by atoms with Crippen molar-refractivity contribution in [3.63, 3.8) is 0 Å². The zero-order valence-corrected chi connectivity index (χ0v) is 12.1. The zero-order chi connectivity index (χ0) is 15.0. The summed E-state index contributed by atoms with van der Waals surface area (Å²) < 4.78 is 0.666. The van der Waals surface area contributed by atoms with Crippen LogP contribution in [-0.2, 0) is 0 Å². The molecule has 2 N–H and O–H groups in total. The van der Waals surface area contributed by atoms with Crippen LogP contribution in [0, 0.1) is 0 Å². The monoisotopic (exact) mass is 287 g/mol. The van der Waals surface area contributed by atoms with Crippen LogP contribution >= 0.6 is 0 Å². The number of carbonyl (C=O) groups is 1. The van der Waals surface area contributed by atoms with Crippen LogP contribution in [-0.4, -0.2) is 36.2 Å². The molecule has 0 bridgehead atoms. The highest BCUT2D eigenvalue weighted by molar-refractivity contribution is 6.03. The lowest BCUT2D eigenvalue weighted by atomic mass is 10.0. The number of aromatic amines is 1. The van der Waals surface area contributed by atoms with Gasteiger partial charge in [-0.1, -0.05) is 6.07 Å². The fourth-order valence-corrected chi connectivity index (χ4v) is 3.20. The third kappa shape index (κ3) is 2.34. The van der Waals surface area contributed by atoms with Gasteiger partial charge in [-0.15, -0.1) is 0 Å². The standard InChI is InChI=1S/C16H18N2O3/c1-18(8-3-2-4-9-18)14-10-13-11(15(19)17-14)6-5-7-12(13)16(20)21/h5-7,10H,2-4,8-9H2,1H3,(H-,17,19,20,21)/p+1. The highest BCUT2D eigenvalue weighted by Crippen LogP contribution is 2.27. The van der Waals surface area contributed by atoms with Gasteiger partial charge in [-0.2, -0.15) is 0 Å². The summed E-state index contributed by atoms with van der Waals surface area (Å²) in [6, 6.07) is 6.66. The molecule has 0 amide bonds. The maximum absolute atomic E-state index is 12.3. The van der Waals surface area contributed by atoms with Crippen molar-refractivity contribution in [1.29, 1.82) is 0 Å². The summed E-state index contributed by atoms with van der Waals surface area (Å²) in [4.78, 5) is 26.6. The Hall–Kier alpha value is -2.14. The van der Waals surface area contributed by atoms with Crippen molar-refractivity contribution in [1.82, 2.24) is 9.47 Å². The van der Waals surface area contributed by atoms with Crippen molar-refractivity contribution < 1.29 is 9.90 Å². The van der Waals surface area contributed by atoms with Crippen molar-refractivity contribution in [2.24, 2.45) is 0 Å². The number of piperidine rings is 1.